The monoisotopic (exact) mass is 325 g/mol. The lowest BCUT2D eigenvalue weighted by Crippen LogP contribution is -2.33. The molecule has 5 nitrogen and oxygen atoms in total. The molecule has 24 heavy (non-hydrogen) atoms. The van der Waals surface area contributed by atoms with Gasteiger partial charge in [-0.1, -0.05) is 36.4 Å². The Hall–Kier alpha value is -2.82. The van der Waals surface area contributed by atoms with Crippen molar-refractivity contribution in [2.24, 2.45) is 0 Å². The smallest absolute Gasteiger partial charge is 0.410 e. The van der Waals surface area contributed by atoms with Gasteiger partial charge < -0.3 is 14.7 Å². The van der Waals surface area contributed by atoms with Crippen LogP contribution in [0.4, 0.5) is 4.79 Å². The second-order valence-electron chi connectivity index (χ2n) is 5.82. The molecule has 0 fully saturated rings. The first-order valence-corrected chi connectivity index (χ1v) is 7.94. The topological polar surface area (TPSA) is 66.8 Å². The molecule has 124 valence electrons. The zero-order chi connectivity index (χ0) is 16.9. The van der Waals surface area contributed by atoms with E-state index in [9.17, 15) is 9.59 Å². The number of carbonyl (C=O) groups excluding carboxylic acids is 1. The van der Waals surface area contributed by atoms with Crippen LogP contribution < -0.4 is 0 Å². The lowest BCUT2D eigenvalue weighted by molar-refractivity contribution is 0.0696. The minimum Gasteiger partial charge on any atom is -0.478 e. The van der Waals surface area contributed by atoms with Crippen LogP contribution in [0.5, 0.6) is 0 Å². The summed E-state index contributed by atoms with van der Waals surface area (Å²) < 4.78 is 5.38. The zero-order valence-corrected chi connectivity index (χ0v) is 13.3. The lowest BCUT2D eigenvalue weighted by atomic mass is 10.0. The molecule has 0 spiro atoms. The van der Waals surface area contributed by atoms with Crippen molar-refractivity contribution in [2.45, 2.75) is 19.4 Å². The summed E-state index contributed by atoms with van der Waals surface area (Å²) in [5, 5.41) is 9.09. The van der Waals surface area contributed by atoms with Gasteiger partial charge in [0.15, 0.2) is 0 Å². The average molecular weight is 325 g/mol. The van der Waals surface area contributed by atoms with Crippen molar-refractivity contribution in [1.82, 2.24) is 4.90 Å². The summed E-state index contributed by atoms with van der Waals surface area (Å²) in [5.41, 5.74) is 3.33. The number of fused-ring (bicyclic) bond motifs is 1. The summed E-state index contributed by atoms with van der Waals surface area (Å²) in [7, 11) is 0. The number of rotatable bonds is 3. The number of hydrogen-bond acceptors (Lipinski definition) is 3. The Morgan fingerprint density at radius 2 is 1.71 bits per heavy atom. The molecule has 0 saturated carbocycles. The van der Waals surface area contributed by atoms with Crippen molar-refractivity contribution >= 4 is 12.1 Å². The number of hydrogen-bond donors (Lipinski definition) is 1. The summed E-state index contributed by atoms with van der Waals surface area (Å²) in [6, 6.07) is 14.7. The third-order valence-electron chi connectivity index (χ3n) is 4.22. The highest BCUT2D eigenvalue weighted by molar-refractivity contribution is 5.87. The van der Waals surface area contributed by atoms with Gasteiger partial charge >= 0.3 is 12.1 Å². The summed E-state index contributed by atoms with van der Waals surface area (Å²) in [4.78, 5) is 25.0. The van der Waals surface area contributed by atoms with Crippen LogP contribution >= 0.6 is 0 Å². The molecule has 1 aliphatic heterocycles. The molecule has 1 aliphatic rings. The second kappa shape index (κ2) is 7.17. The standard InChI is InChI=1S/C19H19NO4/c21-18(22)17-7-6-15-8-10-20(11-9-16(15)12-17)19(23)24-13-14-4-2-1-3-5-14/h1-7,12H,8-11,13H2,(H,21,22). The highest BCUT2D eigenvalue weighted by atomic mass is 16.6. The molecule has 1 amide bonds. The second-order valence-corrected chi connectivity index (χ2v) is 5.82. The molecule has 0 aromatic heterocycles. The van der Waals surface area contributed by atoms with Gasteiger partial charge in [-0.2, -0.15) is 0 Å². The molecule has 2 aromatic rings. The number of carboxylic acids is 1. The van der Waals surface area contributed by atoms with Gasteiger partial charge in [-0.25, -0.2) is 9.59 Å². The van der Waals surface area contributed by atoms with Crippen molar-refractivity contribution in [3.8, 4) is 0 Å². The maximum absolute atomic E-state index is 12.3. The number of carbonyl (C=O) groups is 2. The fourth-order valence-corrected chi connectivity index (χ4v) is 2.85. The molecule has 1 N–H and O–H groups in total. The van der Waals surface area contributed by atoms with Gasteiger partial charge in [0, 0.05) is 13.1 Å². The number of carboxylic acid groups (broad SMARTS) is 1. The van der Waals surface area contributed by atoms with Crippen LogP contribution in [0.2, 0.25) is 0 Å². The third-order valence-corrected chi connectivity index (χ3v) is 4.22. The Balaban J connectivity index is 1.61. The number of amides is 1. The van der Waals surface area contributed by atoms with Crippen LogP contribution in [0, 0.1) is 0 Å². The van der Waals surface area contributed by atoms with E-state index in [4.69, 9.17) is 9.84 Å². The predicted octanol–water partition coefficient (Wildman–Crippen LogP) is 3.12. The zero-order valence-electron chi connectivity index (χ0n) is 13.3. The molecular weight excluding hydrogens is 306 g/mol. The Bertz CT molecular complexity index is 742. The maximum Gasteiger partial charge on any atom is 0.410 e. The van der Waals surface area contributed by atoms with Crippen LogP contribution in [0.25, 0.3) is 0 Å². The highest BCUT2D eigenvalue weighted by Gasteiger charge is 2.20. The van der Waals surface area contributed by atoms with Gasteiger partial charge in [-0.15, -0.1) is 0 Å². The molecule has 0 unspecified atom stereocenters. The summed E-state index contributed by atoms with van der Waals surface area (Å²) in [6.07, 6.45) is 1.01. The predicted molar refractivity (Wildman–Crippen MR) is 89.0 cm³/mol. The molecule has 2 aromatic carbocycles. The van der Waals surface area contributed by atoms with Crippen molar-refractivity contribution in [2.75, 3.05) is 13.1 Å². The van der Waals surface area contributed by atoms with Gasteiger partial charge in [0.2, 0.25) is 0 Å². The highest BCUT2D eigenvalue weighted by Crippen LogP contribution is 2.18. The molecular formula is C19H19NO4. The van der Waals surface area contributed by atoms with E-state index in [1.54, 1.807) is 17.0 Å². The Morgan fingerprint density at radius 1 is 1.00 bits per heavy atom. The molecule has 3 rings (SSSR count). The first kappa shape index (κ1) is 16.1. The van der Waals surface area contributed by atoms with Gasteiger partial charge in [-0.3, -0.25) is 0 Å². The quantitative estimate of drug-likeness (QED) is 0.941. The van der Waals surface area contributed by atoms with E-state index >= 15 is 0 Å². The Kier molecular flexibility index (Phi) is 4.79. The normalized spacial score (nSPS) is 13.8. The van der Waals surface area contributed by atoms with Crippen molar-refractivity contribution < 1.29 is 19.4 Å². The molecule has 0 saturated heterocycles. The summed E-state index contributed by atoms with van der Waals surface area (Å²) in [5.74, 6) is -0.929. The Morgan fingerprint density at radius 3 is 2.42 bits per heavy atom. The fourth-order valence-electron chi connectivity index (χ4n) is 2.85. The summed E-state index contributed by atoms with van der Waals surface area (Å²) in [6.45, 7) is 1.36. The van der Waals surface area contributed by atoms with Crippen LogP contribution in [0.1, 0.15) is 27.0 Å². The van der Waals surface area contributed by atoms with Gasteiger partial charge in [0.05, 0.1) is 5.56 Å². The maximum atomic E-state index is 12.3. The molecule has 0 radical (unpaired) electrons. The van der Waals surface area contributed by atoms with Gasteiger partial charge in [0.1, 0.15) is 6.61 Å². The van der Waals surface area contributed by atoms with Crippen LogP contribution in [-0.2, 0) is 24.2 Å². The molecule has 0 atom stereocenters. The summed E-state index contributed by atoms with van der Waals surface area (Å²) >= 11 is 0. The van der Waals surface area contributed by atoms with Crippen molar-refractivity contribution in [3.63, 3.8) is 0 Å². The van der Waals surface area contributed by atoms with Gasteiger partial charge in [-0.05, 0) is 41.7 Å². The van der Waals surface area contributed by atoms with Crippen LogP contribution in [0.3, 0.4) is 0 Å². The van der Waals surface area contributed by atoms with Gasteiger partial charge in [0.25, 0.3) is 0 Å². The minimum atomic E-state index is -0.929. The van der Waals surface area contributed by atoms with E-state index in [2.05, 4.69) is 0 Å². The Labute approximate surface area is 140 Å². The average Bonchev–Trinajstić information content (AvgIpc) is 2.82. The lowest BCUT2D eigenvalue weighted by Gasteiger charge is -2.19. The van der Waals surface area contributed by atoms with Crippen LogP contribution in [0.15, 0.2) is 48.5 Å². The van der Waals surface area contributed by atoms with E-state index < -0.39 is 5.97 Å². The van der Waals surface area contributed by atoms with E-state index in [0.717, 1.165) is 16.7 Å². The number of benzene rings is 2. The third kappa shape index (κ3) is 3.74. The SMILES string of the molecule is O=C(O)c1ccc2c(c1)CCN(C(=O)OCc1ccccc1)CC2. The largest absolute Gasteiger partial charge is 0.478 e. The number of nitrogens with zero attached hydrogens (tertiary/aromatic N) is 1. The van der Waals surface area contributed by atoms with E-state index in [1.165, 1.54) is 0 Å². The number of ether oxygens (including phenoxy) is 1. The molecule has 0 aliphatic carbocycles. The molecule has 5 heteroatoms. The first-order chi connectivity index (χ1) is 11.6. The number of aromatic carboxylic acids is 1. The molecule has 0 bridgehead atoms. The fraction of sp³-hybridized carbons (Fsp3) is 0.263. The molecule has 1 heterocycles. The van der Waals surface area contributed by atoms with Crippen molar-refractivity contribution in [1.29, 1.82) is 0 Å². The van der Waals surface area contributed by atoms with Crippen molar-refractivity contribution in [3.05, 3.63) is 70.8 Å². The van der Waals surface area contributed by atoms with E-state index in [-0.39, 0.29) is 18.3 Å². The van der Waals surface area contributed by atoms with E-state index in [1.807, 2.05) is 36.4 Å². The van der Waals surface area contributed by atoms with E-state index in [0.29, 0.717) is 25.9 Å². The minimum absolute atomic E-state index is 0.256. The first-order valence-electron chi connectivity index (χ1n) is 7.94. The van der Waals surface area contributed by atoms with Crippen LogP contribution in [-0.4, -0.2) is 35.2 Å².